The van der Waals surface area contributed by atoms with Crippen molar-refractivity contribution in [3.8, 4) is 5.75 Å². The Bertz CT molecular complexity index is 529. The normalized spacial score (nSPS) is 11.2. The Morgan fingerprint density at radius 2 is 2.16 bits per heavy atom. The van der Waals surface area contributed by atoms with Crippen molar-refractivity contribution in [1.29, 1.82) is 0 Å². The van der Waals surface area contributed by atoms with Crippen LogP contribution in [0.15, 0.2) is 6.20 Å². The van der Waals surface area contributed by atoms with Crippen LogP contribution in [0.4, 0.5) is 18.9 Å². The van der Waals surface area contributed by atoms with E-state index in [1.165, 1.54) is 6.92 Å². The van der Waals surface area contributed by atoms with Gasteiger partial charge in [0, 0.05) is 11.8 Å². The summed E-state index contributed by atoms with van der Waals surface area (Å²) >= 11 is 0. The summed E-state index contributed by atoms with van der Waals surface area (Å²) in [5.41, 5.74) is -1.79. The predicted octanol–water partition coefficient (Wildman–Crippen LogP) is 1.82. The molecule has 0 fully saturated rings. The number of nitrogens with zero attached hydrogens (tertiary/aromatic N) is 2. The van der Waals surface area contributed by atoms with E-state index in [2.05, 4.69) is 9.72 Å². The van der Waals surface area contributed by atoms with Gasteiger partial charge in [-0.1, -0.05) is 0 Å². The van der Waals surface area contributed by atoms with Gasteiger partial charge in [0.1, 0.15) is 5.69 Å². The van der Waals surface area contributed by atoms with Crippen molar-refractivity contribution >= 4 is 11.7 Å². The van der Waals surface area contributed by atoms with E-state index in [1.807, 2.05) is 0 Å². The first-order valence-corrected chi connectivity index (χ1v) is 4.72. The van der Waals surface area contributed by atoms with Crippen LogP contribution in [-0.2, 0) is 11.2 Å². The van der Waals surface area contributed by atoms with Crippen LogP contribution in [0.5, 0.6) is 5.75 Å². The molecule has 0 bridgehead atoms. The third-order valence-corrected chi connectivity index (χ3v) is 1.98. The number of halogens is 3. The quantitative estimate of drug-likeness (QED) is 0.666. The number of carboxylic acid groups (broad SMARTS) is 1. The number of aryl methyl sites for hydroxylation is 1. The minimum Gasteiger partial charge on any atom is -0.481 e. The molecule has 104 valence electrons. The molecule has 0 atom stereocenters. The van der Waals surface area contributed by atoms with Gasteiger partial charge in [0.15, 0.2) is 0 Å². The number of hydrogen-bond donors (Lipinski definition) is 1. The second-order valence-electron chi connectivity index (χ2n) is 3.44. The van der Waals surface area contributed by atoms with Crippen molar-refractivity contribution in [3.05, 3.63) is 27.6 Å². The molecule has 7 nitrogen and oxygen atoms in total. The number of ether oxygens (including phenoxy) is 1. The summed E-state index contributed by atoms with van der Waals surface area (Å²) in [5, 5.41) is 19.3. The average molecular weight is 280 g/mol. The number of hydrogen-bond acceptors (Lipinski definition) is 5. The molecule has 1 heterocycles. The van der Waals surface area contributed by atoms with Crippen LogP contribution in [-0.4, -0.2) is 27.3 Å². The minimum atomic E-state index is -5.19. The number of carbonyl (C=O) groups is 1. The molecule has 19 heavy (non-hydrogen) atoms. The SMILES string of the molecule is Cc1cnc(CC(=O)O)c(OC(F)(F)F)c1[N+](=O)[O-]. The van der Waals surface area contributed by atoms with Crippen molar-refractivity contribution in [3.63, 3.8) is 0 Å². The molecule has 0 saturated heterocycles. The third kappa shape index (κ3) is 3.79. The fourth-order valence-corrected chi connectivity index (χ4v) is 1.33. The molecule has 0 amide bonds. The lowest BCUT2D eigenvalue weighted by atomic mass is 10.1. The van der Waals surface area contributed by atoms with Gasteiger partial charge in [-0.3, -0.25) is 19.9 Å². The summed E-state index contributed by atoms with van der Waals surface area (Å²) in [5.74, 6) is -2.68. The molecular weight excluding hydrogens is 273 g/mol. The predicted molar refractivity (Wildman–Crippen MR) is 53.7 cm³/mol. The molecular formula is C9H7F3N2O5. The Morgan fingerprint density at radius 1 is 1.58 bits per heavy atom. The van der Waals surface area contributed by atoms with E-state index in [9.17, 15) is 28.1 Å². The van der Waals surface area contributed by atoms with Gasteiger partial charge in [-0.2, -0.15) is 0 Å². The molecule has 0 radical (unpaired) electrons. The number of nitro groups is 1. The van der Waals surface area contributed by atoms with Gasteiger partial charge in [0.2, 0.25) is 5.75 Å². The first-order chi connectivity index (χ1) is 8.61. The zero-order valence-electron chi connectivity index (χ0n) is 9.39. The maximum absolute atomic E-state index is 12.2. The van der Waals surface area contributed by atoms with Gasteiger partial charge in [0.05, 0.1) is 11.3 Å². The maximum Gasteiger partial charge on any atom is 0.573 e. The Kier molecular flexibility index (Phi) is 3.92. The summed E-state index contributed by atoms with van der Waals surface area (Å²) < 4.78 is 40.2. The monoisotopic (exact) mass is 280 g/mol. The molecule has 0 unspecified atom stereocenters. The van der Waals surface area contributed by atoms with E-state index in [1.54, 1.807) is 0 Å². The van der Waals surface area contributed by atoms with Gasteiger partial charge >= 0.3 is 18.0 Å². The van der Waals surface area contributed by atoms with Gasteiger partial charge in [-0.25, -0.2) is 0 Å². The van der Waals surface area contributed by atoms with Crippen LogP contribution in [0, 0.1) is 17.0 Å². The second-order valence-corrected chi connectivity index (χ2v) is 3.44. The van der Waals surface area contributed by atoms with Gasteiger partial charge in [0.25, 0.3) is 0 Å². The topological polar surface area (TPSA) is 103 Å². The van der Waals surface area contributed by atoms with Crippen molar-refractivity contribution in [1.82, 2.24) is 4.98 Å². The summed E-state index contributed by atoms with van der Waals surface area (Å²) in [6.45, 7) is 1.17. The number of pyridine rings is 1. The number of rotatable bonds is 4. The van der Waals surface area contributed by atoms with E-state index in [0.29, 0.717) is 0 Å². The standard InChI is InChI=1S/C9H7F3N2O5/c1-4-3-13-5(2-6(15)16)8(7(4)14(17)18)19-9(10,11)12/h3H,2H2,1H3,(H,15,16). The summed E-state index contributed by atoms with van der Waals surface area (Å²) in [6.07, 6.45) is -5.19. The van der Waals surface area contributed by atoms with Crippen LogP contribution >= 0.6 is 0 Å². The summed E-state index contributed by atoms with van der Waals surface area (Å²) in [4.78, 5) is 23.6. The molecule has 0 aliphatic heterocycles. The highest BCUT2D eigenvalue weighted by molar-refractivity contribution is 5.72. The largest absolute Gasteiger partial charge is 0.573 e. The molecule has 0 aliphatic carbocycles. The van der Waals surface area contributed by atoms with Crippen LogP contribution in [0.25, 0.3) is 0 Å². The lowest BCUT2D eigenvalue weighted by Crippen LogP contribution is -2.20. The highest BCUT2D eigenvalue weighted by Gasteiger charge is 2.37. The molecule has 1 aromatic rings. The molecule has 0 saturated carbocycles. The Hall–Kier alpha value is -2.39. The number of alkyl halides is 3. The van der Waals surface area contributed by atoms with Crippen molar-refractivity contribution in [2.45, 2.75) is 19.7 Å². The Balaban J connectivity index is 3.44. The number of carboxylic acids is 1. The van der Waals surface area contributed by atoms with Crippen molar-refractivity contribution in [2.75, 3.05) is 0 Å². The molecule has 1 aromatic heterocycles. The van der Waals surface area contributed by atoms with Gasteiger partial charge < -0.3 is 9.84 Å². The fourth-order valence-electron chi connectivity index (χ4n) is 1.33. The molecule has 1 N–H and O–H groups in total. The zero-order valence-corrected chi connectivity index (χ0v) is 9.39. The molecule has 1 rings (SSSR count). The van der Waals surface area contributed by atoms with Crippen LogP contribution in [0.3, 0.4) is 0 Å². The summed E-state index contributed by atoms with van der Waals surface area (Å²) in [6, 6.07) is 0. The highest BCUT2D eigenvalue weighted by Crippen LogP contribution is 2.36. The van der Waals surface area contributed by atoms with E-state index < -0.39 is 40.8 Å². The van der Waals surface area contributed by atoms with Crippen molar-refractivity contribution < 1.29 is 32.7 Å². The van der Waals surface area contributed by atoms with E-state index in [0.717, 1.165) is 6.20 Å². The van der Waals surface area contributed by atoms with Gasteiger partial charge in [-0.15, -0.1) is 13.2 Å². The highest BCUT2D eigenvalue weighted by atomic mass is 19.4. The van der Waals surface area contributed by atoms with Crippen molar-refractivity contribution in [2.24, 2.45) is 0 Å². The maximum atomic E-state index is 12.2. The van der Waals surface area contributed by atoms with E-state index in [4.69, 9.17) is 5.11 Å². The molecule has 0 aromatic carbocycles. The van der Waals surface area contributed by atoms with Crippen LogP contribution < -0.4 is 4.74 Å². The number of aliphatic carboxylic acids is 1. The lowest BCUT2D eigenvalue weighted by Gasteiger charge is -2.12. The second kappa shape index (κ2) is 5.08. The van der Waals surface area contributed by atoms with E-state index >= 15 is 0 Å². The van der Waals surface area contributed by atoms with E-state index in [-0.39, 0.29) is 5.56 Å². The number of aromatic nitrogens is 1. The third-order valence-electron chi connectivity index (χ3n) is 1.98. The smallest absolute Gasteiger partial charge is 0.481 e. The molecule has 0 spiro atoms. The summed E-state index contributed by atoms with van der Waals surface area (Å²) in [7, 11) is 0. The van der Waals surface area contributed by atoms with Crippen LogP contribution in [0.1, 0.15) is 11.3 Å². The average Bonchev–Trinajstić information content (AvgIpc) is 2.18. The minimum absolute atomic E-state index is 0.168. The Morgan fingerprint density at radius 3 is 2.58 bits per heavy atom. The first-order valence-electron chi connectivity index (χ1n) is 4.72. The van der Waals surface area contributed by atoms with Gasteiger partial charge in [-0.05, 0) is 6.92 Å². The fraction of sp³-hybridized carbons (Fsp3) is 0.333. The lowest BCUT2D eigenvalue weighted by molar-refractivity contribution is -0.389. The first kappa shape index (κ1) is 14.7. The van der Waals surface area contributed by atoms with Crippen LogP contribution in [0.2, 0.25) is 0 Å². The zero-order chi connectivity index (χ0) is 14.8. The Labute approximate surface area is 103 Å². The molecule has 10 heteroatoms. The molecule has 0 aliphatic rings.